The second kappa shape index (κ2) is 16.6. The summed E-state index contributed by atoms with van der Waals surface area (Å²) in [6.07, 6.45) is 5.25. The number of carbonyl (C=O) groups excluding carboxylic acids is 1. The number of carboxylic acids is 1. The van der Waals surface area contributed by atoms with Crippen LogP contribution in [0.4, 0.5) is 0 Å². The highest BCUT2D eigenvalue weighted by atomic mass is 16.7. The SMILES string of the molecule is C[C@@H]1C/C=C/C=C/C=C/C=C[C@H](OC2O[C@H](C)[C@@H](O)[C@H](N)[C@@H]2O)C[C@@H]2O[C@](O)(C[C@@H](O)C[C@H]3O[C@@H]3/C=C/C(=O)O1)C[C@H](O)[C@H]2C(=O)O. The first-order valence-corrected chi connectivity index (χ1v) is 15.9. The molecule has 262 valence electrons. The highest BCUT2D eigenvalue weighted by Gasteiger charge is 2.51. The van der Waals surface area contributed by atoms with Gasteiger partial charge in [-0.1, -0.05) is 48.6 Å². The molecule has 0 aromatic heterocycles. The lowest BCUT2D eigenvalue weighted by molar-refractivity contribution is -0.308. The zero-order valence-electron chi connectivity index (χ0n) is 26.4. The number of carbonyl (C=O) groups is 2. The third-order valence-corrected chi connectivity index (χ3v) is 8.58. The maximum absolute atomic E-state index is 12.3. The predicted molar refractivity (Wildman–Crippen MR) is 165 cm³/mol. The number of fused-ring (bicyclic) bond motifs is 3. The lowest BCUT2D eigenvalue weighted by Gasteiger charge is -2.45. The summed E-state index contributed by atoms with van der Waals surface area (Å²) in [5.41, 5.74) is 5.98. The van der Waals surface area contributed by atoms with Gasteiger partial charge in [0, 0.05) is 38.2 Å². The van der Waals surface area contributed by atoms with Gasteiger partial charge in [0.25, 0.3) is 0 Å². The Morgan fingerprint density at radius 1 is 0.936 bits per heavy atom. The van der Waals surface area contributed by atoms with Crippen molar-refractivity contribution in [3.63, 3.8) is 0 Å². The average molecular weight is 666 g/mol. The number of allylic oxidation sites excluding steroid dienone is 6. The van der Waals surface area contributed by atoms with Crippen LogP contribution in [0, 0.1) is 5.92 Å². The van der Waals surface area contributed by atoms with E-state index in [9.17, 15) is 40.2 Å². The van der Waals surface area contributed by atoms with Gasteiger partial charge in [0.05, 0.1) is 48.8 Å². The number of aliphatic carboxylic acids is 1. The first kappa shape index (κ1) is 37.1. The van der Waals surface area contributed by atoms with Crippen LogP contribution in [-0.4, -0.2) is 122 Å². The van der Waals surface area contributed by atoms with E-state index in [0.29, 0.717) is 6.42 Å². The van der Waals surface area contributed by atoms with Crippen molar-refractivity contribution in [3.05, 3.63) is 60.8 Å². The van der Waals surface area contributed by atoms with Gasteiger partial charge in [0.2, 0.25) is 0 Å². The molecule has 2 bridgehead atoms. The van der Waals surface area contributed by atoms with Crippen LogP contribution in [0.25, 0.3) is 0 Å². The van der Waals surface area contributed by atoms with E-state index in [4.69, 9.17) is 29.4 Å². The minimum atomic E-state index is -2.10. The van der Waals surface area contributed by atoms with Crippen molar-refractivity contribution >= 4 is 11.9 Å². The van der Waals surface area contributed by atoms with Gasteiger partial charge in [-0.25, -0.2) is 4.79 Å². The van der Waals surface area contributed by atoms with E-state index >= 15 is 0 Å². The molecular weight excluding hydrogens is 618 g/mol. The predicted octanol–water partition coefficient (Wildman–Crippen LogP) is 0.120. The molecule has 4 heterocycles. The summed E-state index contributed by atoms with van der Waals surface area (Å²) >= 11 is 0. The number of hydrogen-bond acceptors (Lipinski definition) is 13. The Labute approximate surface area is 273 Å². The number of ether oxygens (including phenoxy) is 5. The minimum Gasteiger partial charge on any atom is -0.481 e. The topological polar surface area (TPSA) is 231 Å². The molecule has 14 heteroatoms. The van der Waals surface area contributed by atoms with Gasteiger partial charge in [-0.15, -0.1) is 0 Å². The minimum absolute atomic E-state index is 0.0789. The Hall–Kier alpha value is -2.76. The van der Waals surface area contributed by atoms with Gasteiger partial charge in [0.1, 0.15) is 24.2 Å². The third-order valence-electron chi connectivity index (χ3n) is 8.58. The van der Waals surface area contributed by atoms with Crippen LogP contribution in [0.2, 0.25) is 0 Å². The van der Waals surface area contributed by atoms with Crippen LogP contribution in [0.5, 0.6) is 0 Å². The van der Waals surface area contributed by atoms with E-state index in [1.807, 2.05) is 6.08 Å². The first-order chi connectivity index (χ1) is 22.3. The lowest BCUT2D eigenvalue weighted by atomic mass is 9.83. The molecule has 1 unspecified atom stereocenters. The highest BCUT2D eigenvalue weighted by molar-refractivity contribution is 5.82. The van der Waals surface area contributed by atoms with Crippen LogP contribution in [0.3, 0.4) is 0 Å². The number of cyclic esters (lactones) is 1. The first-order valence-electron chi connectivity index (χ1n) is 15.9. The summed E-state index contributed by atoms with van der Waals surface area (Å²) in [6.45, 7) is 3.34. The molecule has 0 aromatic carbocycles. The van der Waals surface area contributed by atoms with Gasteiger partial charge >= 0.3 is 11.9 Å². The van der Waals surface area contributed by atoms with E-state index in [1.54, 1.807) is 56.4 Å². The Kier molecular flexibility index (Phi) is 13.1. The molecule has 4 rings (SSSR count). The standard InChI is InChI=1S/C33H47NO13/c1-18-10-8-6-4-3-5-7-9-11-21(45-32-30(39)28(34)29(38)19(2)44-32)15-25-27(31(40)41)22(36)17-33(42,47-25)16-20(35)14-24-23(46-24)12-13-26(37)43-18/h3-9,11-13,18-25,27-30,32,35-36,38-39,42H,10,14-17,34H2,1-2H3,(H,40,41)/b4-3+,7-5+,8-6+,11-9?,13-12+/t18-,19-,20+,21+,22+,23-,24-,25+,27-,28+,29-,30+,32?,33-/m1/s1. The number of epoxide rings is 1. The van der Waals surface area contributed by atoms with E-state index < -0.39 is 97.3 Å². The highest BCUT2D eigenvalue weighted by Crippen LogP contribution is 2.39. The molecule has 3 saturated heterocycles. The maximum atomic E-state index is 12.3. The zero-order chi connectivity index (χ0) is 34.3. The molecule has 0 aliphatic carbocycles. The summed E-state index contributed by atoms with van der Waals surface area (Å²) in [6, 6.07) is -1.08. The summed E-state index contributed by atoms with van der Waals surface area (Å²) < 4.78 is 28.5. The van der Waals surface area contributed by atoms with Gasteiger partial charge in [-0.05, 0) is 19.9 Å². The third kappa shape index (κ3) is 10.6. The second-order valence-corrected chi connectivity index (χ2v) is 12.6. The van der Waals surface area contributed by atoms with Crippen molar-refractivity contribution in [2.45, 2.75) is 125 Å². The van der Waals surface area contributed by atoms with Gasteiger partial charge < -0.3 is 60.1 Å². The molecular formula is C33H47NO13. The fourth-order valence-electron chi connectivity index (χ4n) is 6.00. The van der Waals surface area contributed by atoms with Crippen molar-refractivity contribution in [1.29, 1.82) is 0 Å². The molecule has 0 radical (unpaired) electrons. The number of nitrogens with two attached hydrogens (primary N) is 1. The fraction of sp³-hybridized carbons (Fsp3) is 0.636. The van der Waals surface area contributed by atoms with E-state index in [0.717, 1.165) is 0 Å². The smallest absolute Gasteiger partial charge is 0.330 e. The molecule has 0 saturated carbocycles. The van der Waals surface area contributed by atoms with Crippen LogP contribution in [-0.2, 0) is 33.3 Å². The average Bonchev–Trinajstić information content (AvgIpc) is 3.72. The molecule has 4 aliphatic heterocycles. The largest absolute Gasteiger partial charge is 0.481 e. The Morgan fingerprint density at radius 3 is 2.36 bits per heavy atom. The molecule has 14 atom stereocenters. The summed E-state index contributed by atoms with van der Waals surface area (Å²) in [7, 11) is 0. The van der Waals surface area contributed by atoms with Crippen molar-refractivity contribution in [2.24, 2.45) is 11.7 Å². The molecule has 0 spiro atoms. The van der Waals surface area contributed by atoms with Crippen LogP contribution < -0.4 is 5.73 Å². The Bertz CT molecular complexity index is 1220. The number of aliphatic hydroxyl groups is 5. The summed E-state index contributed by atoms with van der Waals surface area (Å²) in [4.78, 5) is 24.4. The van der Waals surface area contributed by atoms with Crippen LogP contribution in [0.1, 0.15) is 46.0 Å². The van der Waals surface area contributed by atoms with E-state index in [2.05, 4.69) is 0 Å². The summed E-state index contributed by atoms with van der Waals surface area (Å²) in [5, 5.41) is 63.9. The second-order valence-electron chi connectivity index (χ2n) is 12.6. The van der Waals surface area contributed by atoms with Crippen LogP contribution in [0.15, 0.2) is 60.8 Å². The van der Waals surface area contributed by atoms with Crippen LogP contribution >= 0.6 is 0 Å². The van der Waals surface area contributed by atoms with E-state index in [-0.39, 0.29) is 25.4 Å². The molecule has 14 nitrogen and oxygen atoms in total. The van der Waals surface area contributed by atoms with Gasteiger partial charge in [-0.3, -0.25) is 4.79 Å². The number of rotatable bonds is 3. The quantitative estimate of drug-likeness (QED) is 0.157. The van der Waals surface area contributed by atoms with Crippen molar-refractivity contribution in [1.82, 2.24) is 0 Å². The zero-order valence-corrected chi connectivity index (χ0v) is 26.4. The molecule has 4 aliphatic rings. The lowest BCUT2D eigenvalue weighted by Crippen LogP contribution is -2.61. The number of aliphatic hydroxyl groups excluding tert-OH is 4. The molecule has 47 heavy (non-hydrogen) atoms. The van der Waals surface area contributed by atoms with Crippen molar-refractivity contribution < 1.29 is 63.9 Å². The Balaban J connectivity index is 1.58. The maximum Gasteiger partial charge on any atom is 0.330 e. The van der Waals surface area contributed by atoms with Gasteiger partial charge in [-0.2, -0.15) is 0 Å². The molecule has 0 amide bonds. The fourth-order valence-corrected chi connectivity index (χ4v) is 6.00. The monoisotopic (exact) mass is 665 g/mol. The Morgan fingerprint density at radius 2 is 1.64 bits per heavy atom. The number of hydrogen-bond donors (Lipinski definition) is 7. The van der Waals surface area contributed by atoms with Crippen molar-refractivity contribution in [3.8, 4) is 0 Å². The van der Waals surface area contributed by atoms with Gasteiger partial charge in [0.15, 0.2) is 12.1 Å². The molecule has 0 aromatic rings. The van der Waals surface area contributed by atoms with E-state index in [1.165, 1.54) is 12.2 Å². The number of carboxylic acid groups (broad SMARTS) is 1. The normalized spacial score (nSPS) is 46.6. The molecule has 3 fully saturated rings. The number of esters is 1. The summed E-state index contributed by atoms with van der Waals surface area (Å²) in [5.74, 6) is -5.45. The molecule has 8 N–H and O–H groups in total. The van der Waals surface area contributed by atoms with Crippen molar-refractivity contribution in [2.75, 3.05) is 0 Å².